The van der Waals surface area contributed by atoms with Gasteiger partial charge in [-0.15, -0.1) is 4.68 Å². The van der Waals surface area contributed by atoms with Crippen LogP contribution < -0.4 is 16.1 Å². The highest BCUT2D eigenvalue weighted by Gasteiger charge is 2.29. The Morgan fingerprint density at radius 2 is 1.83 bits per heavy atom. The Morgan fingerprint density at radius 1 is 1.17 bits per heavy atom. The molecule has 2 heterocycles. The van der Waals surface area contributed by atoms with Crippen LogP contribution in [-0.4, -0.2) is 19.6 Å². The van der Waals surface area contributed by atoms with Crippen LogP contribution in [0.5, 0.6) is 0 Å². The fourth-order valence-corrected chi connectivity index (χ4v) is 2.63. The maximum atomic E-state index is 13.2. The third-order valence-corrected chi connectivity index (χ3v) is 3.73. The predicted octanol–water partition coefficient (Wildman–Crippen LogP) is 1.40. The molecule has 0 aliphatic rings. The van der Waals surface area contributed by atoms with Gasteiger partial charge < -0.3 is 11.5 Å². The molecule has 7 nitrogen and oxygen atoms in total. The van der Waals surface area contributed by atoms with E-state index in [0.29, 0.717) is 22.4 Å². The van der Waals surface area contributed by atoms with Crippen molar-refractivity contribution in [1.29, 1.82) is 0 Å². The molecule has 0 spiro atoms. The van der Waals surface area contributed by atoms with Crippen molar-refractivity contribution in [2.45, 2.75) is 5.16 Å². The Balaban J connectivity index is 2.29. The summed E-state index contributed by atoms with van der Waals surface area (Å²) in [4.78, 5) is 8.15. The zero-order valence-electron chi connectivity index (χ0n) is 11.9. The molecule has 0 aliphatic carbocycles. The molecule has 118 valence electrons. The van der Waals surface area contributed by atoms with E-state index in [-0.39, 0.29) is 22.6 Å². The average molecular weight is 353 g/mol. The van der Waals surface area contributed by atoms with E-state index in [0.717, 1.165) is 0 Å². The minimum absolute atomic E-state index is 0.0294. The molecule has 3 rings (SSSR count). The molecule has 23 heavy (non-hydrogen) atoms. The Morgan fingerprint density at radius 3 is 2.48 bits per heavy atom. The number of halogens is 2. The molecule has 0 radical (unpaired) electrons. The van der Waals surface area contributed by atoms with E-state index in [2.05, 4.69) is 27.7 Å². The molecular weight excluding hydrogens is 341 g/mol. The maximum absolute atomic E-state index is 13.2. The molecule has 1 aromatic carbocycles. The highest BCUT2D eigenvalue weighted by atomic mass is 35.5. The molecule has 0 aliphatic heterocycles. The van der Waals surface area contributed by atoms with Crippen LogP contribution in [0.1, 0.15) is 0 Å². The molecule has 0 saturated carbocycles. The van der Waals surface area contributed by atoms with Crippen LogP contribution in [0, 0.1) is 5.82 Å². The number of thiol groups is 1. The summed E-state index contributed by atoms with van der Waals surface area (Å²) in [6.45, 7) is 0. The van der Waals surface area contributed by atoms with Crippen molar-refractivity contribution in [2.75, 3.05) is 11.5 Å². The predicted molar refractivity (Wildman–Crippen MR) is 86.8 cm³/mol. The third-order valence-electron chi connectivity index (χ3n) is 3.16. The lowest BCUT2D eigenvalue weighted by molar-refractivity contribution is -0.720. The first-order valence-electron chi connectivity index (χ1n) is 6.41. The van der Waals surface area contributed by atoms with Gasteiger partial charge in [-0.3, -0.25) is 0 Å². The molecule has 0 atom stereocenters. The van der Waals surface area contributed by atoms with Crippen molar-refractivity contribution in [3.05, 3.63) is 35.2 Å². The second-order valence-electron chi connectivity index (χ2n) is 4.69. The number of aryl methyl sites for hydroxylation is 1. The summed E-state index contributed by atoms with van der Waals surface area (Å²) < 4.78 is 16.3. The van der Waals surface area contributed by atoms with Gasteiger partial charge in [0.2, 0.25) is 0 Å². The summed E-state index contributed by atoms with van der Waals surface area (Å²) in [5.74, 6) is 0.262. The lowest BCUT2D eigenvalue weighted by Crippen LogP contribution is -2.33. The van der Waals surface area contributed by atoms with E-state index >= 15 is 0 Å². The third kappa shape index (κ3) is 2.68. The Labute approximate surface area is 141 Å². The molecular formula is C13H12ClFN7S+. The van der Waals surface area contributed by atoms with Gasteiger partial charge >= 0.3 is 5.82 Å². The Kier molecular flexibility index (Phi) is 3.82. The summed E-state index contributed by atoms with van der Waals surface area (Å²) in [6.07, 6.45) is 0. The zero-order chi connectivity index (χ0) is 16.7. The van der Waals surface area contributed by atoms with Gasteiger partial charge in [0.1, 0.15) is 18.6 Å². The van der Waals surface area contributed by atoms with Crippen LogP contribution in [0.25, 0.3) is 17.2 Å². The fourth-order valence-electron chi connectivity index (χ4n) is 2.16. The molecule has 0 amide bonds. The number of anilines is 2. The second-order valence-corrected chi connectivity index (χ2v) is 5.45. The summed E-state index contributed by atoms with van der Waals surface area (Å²) in [7, 11) is 1.69. The SMILES string of the molecule is C[n+]1nc(S)n(-c2ccc(F)cc2)c1-c1nc(Cl)c(N)nc1N. The van der Waals surface area contributed by atoms with Crippen LogP contribution in [0.15, 0.2) is 29.4 Å². The number of rotatable bonds is 2. The van der Waals surface area contributed by atoms with Crippen LogP contribution in [0.3, 0.4) is 0 Å². The molecule has 3 aromatic rings. The zero-order valence-corrected chi connectivity index (χ0v) is 13.6. The molecule has 10 heteroatoms. The fraction of sp³-hybridized carbons (Fsp3) is 0.0769. The van der Waals surface area contributed by atoms with Crippen molar-refractivity contribution in [2.24, 2.45) is 7.05 Å². The summed E-state index contributed by atoms with van der Waals surface area (Å²) in [5, 5.41) is 4.63. The van der Waals surface area contributed by atoms with Crippen molar-refractivity contribution in [1.82, 2.24) is 19.6 Å². The molecule has 4 N–H and O–H groups in total. The lowest BCUT2D eigenvalue weighted by atomic mass is 10.3. The number of nitrogens with two attached hydrogens (primary N) is 2. The topological polar surface area (TPSA) is 99.5 Å². The van der Waals surface area contributed by atoms with Gasteiger partial charge in [-0.2, -0.15) is 4.57 Å². The standard InChI is InChI=1S/C13H11ClFN7S/c1-21-12(8-10(16)19-11(17)9(14)18-8)22(13(23)20-21)7-4-2-6(15)3-5-7/h2-5H,1H3,(H4,16,17,19,20,23)/p+1. The number of benzene rings is 1. The Hall–Kier alpha value is -2.39. The van der Waals surface area contributed by atoms with Gasteiger partial charge in [-0.25, -0.2) is 14.4 Å². The van der Waals surface area contributed by atoms with Gasteiger partial charge in [0, 0.05) is 0 Å². The molecule has 0 saturated heterocycles. The maximum Gasteiger partial charge on any atom is 0.339 e. The van der Waals surface area contributed by atoms with Crippen molar-refractivity contribution in [3.63, 3.8) is 0 Å². The minimum Gasteiger partial charge on any atom is -0.382 e. The van der Waals surface area contributed by atoms with Gasteiger partial charge in [0.25, 0.3) is 5.16 Å². The summed E-state index contributed by atoms with van der Waals surface area (Å²) in [6, 6.07) is 5.83. The highest BCUT2D eigenvalue weighted by Crippen LogP contribution is 2.28. The molecule has 0 bridgehead atoms. The average Bonchev–Trinajstić information content (AvgIpc) is 2.78. The molecule has 0 unspecified atom stereocenters. The van der Waals surface area contributed by atoms with E-state index < -0.39 is 0 Å². The first kappa shape index (κ1) is 15.5. The first-order valence-corrected chi connectivity index (χ1v) is 7.24. The number of hydrogen-bond acceptors (Lipinski definition) is 6. The van der Waals surface area contributed by atoms with Crippen molar-refractivity contribution in [3.8, 4) is 17.2 Å². The van der Waals surface area contributed by atoms with Gasteiger partial charge in [0.05, 0.1) is 0 Å². The van der Waals surface area contributed by atoms with Crippen LogP contribution in [0.4, 0.5) is 16.0 Å². The smallest absolute Gasteiger partial charge is 0.339 e. The van der Waals surface area contributed by atoms with Crippen LogP contribution >= 0.6 is 24.2 Å². The van der Waals surface area contributed by atoms with E-state index in [4.69, 9.17) is 23.1 Å². The van der Waals surface area contributed by atoms with E-state index in [1.165, 1.54) is 16.8 Å². The molecule has 2 aromatic heterocycles. The summed E-state index contributed by atoms with van der Waals surface area (Å²) >= 11 is 10.3. The Bertz CT molecular complexity index is 894. The van der Waals surface area contributed by atoms with Gasteiger partial charge in [-0.1, -0.05) is 24.2 Å². The number of hydrogen-bond donors (Lipinski definition) is 3. The lowest BCUT2D eigenvalue weighted by Gasteiger charge is -2.05. The van der Waals surface area contributed by atoms with Crippen molar-refractivity contribution >= 4 is 35.9 Å². The largest absolute Gasteiger partial charge is 0.382 e. The summed E-state index contributed by atoms with van der Waals surface area (Å²) in [5.41, 5.74) is 12.5. The first-order chi connectivity index (χ1) is 10.9. The van der Waals surface area contributed by atoms with Crippen molar-refractivity contribution < 1.29 is 9.07 Å². The normalized spacial score (nSPS) is 11.0. The number of aromatic nitrogens is 5. The van der Waals surface area contributed by atoms with E-state index in [1.54, 1.807) is 23.7 Å². The van der Waals surface area contributed by atoms with Crippen LogP contribution in [-0.2, 0) is 7.05 Å². The molecule has 0 fully saturated rings. The monoisotopic (exact) mass is 352 g/mol. The highest BCUT2D eigenvalue weighted by molar-refractivity contribution is 7.80. The van der Waals surface area contributed by atoms with Gasteiger partial charge in [0.15, 0.2) is 22.5 Å². The quantitative estimate of drug-likeness (QED) is 0.478. The number of nitrogens with zero attached hydrogens (tertiary/aromatic N) is 5. The second kappa shape index (κ2) is 5.67. The van der Waals surface area contributed by atoms with Gasteiger partial charge in [-0.05, 0) is 29.4 Å². The van der Waals surface area contributed by atoms with E-state index in [1.807, 2.05) is 0 Å². The van der Waals surface area contributed by atoms with Crippen LogP contribution in [0.2, 0.25) is 5.15 Å². The number of nitrogen functional groups attached to an aromatic ring is 2. The minimum atomic E-state index is -0.352. The van der Waals surface area contributed by atoms with E-state index in [9.17, 15) is 4.39 Å².